The second kappa shape index (κ2) is 9.20. The third kappa shape index (κ3) is 3.98. The molecular weight excluding hydrogens is 546 g/mol. The summed E-state index contributed by atoms with van der Waals surface area (Å²) < 4.78 is 42.5. The van der Waals surface area contributed by atoms with Gasteiger partial charge in [-0.05, 0) is 0 Å². The predicted octanol–water partition coefficient (Wildman–Crippen LogP) is 8.95. The first kappa shape index (κ1) is 23.3. The Morgan fingerprint density at radius 1 is 0.568 bits per heavy atom. The summed E-state index contributed by atoms with van der Waals surface area (Å²) in [7, 11) is 0. The van der Waals surface area contributed by atoms with Crippen LogP contribution in [0.2, 0.25) is 7.25 Å². The van der Waals surface area contributed by atoms with Crippen molar-refractivity contribution in [3.05, 3.63) is 130 Å². The van der Waals surface area contributed by atoms with Crippen molar-refractivity contribution in [1.29, 1.82) is 0 Å². The molecule has 0 N–H and O–H groups in total. The van der Waals surface area contributed by atoms with Gasteiger partial charge in [-0.25, -0.2) is 0 Å². The predicted molar refractivity (Wildman–Crippen MR) is 138 cm³/mol. The summed E-state index contributed by atoms with van der Waals surface area (Å²) in [5.74, 6) is 0.700. The normalized spacial score (nSPS) is 25.0. The quantitative estimate of drug-likeness (QED) is 0.364. The molecular formula is C32H28F2O2Zr. The molecule has 1 saturated heterocycles. The molecule has 4 aliphatic carbocycles. The third-order valence-electron chi connectivity index (χ3n) is 8.19. The van der Waals surface area contributed by atoms with Crippen molar-refractivity contribution in [3.63, 3.8) is 0 Å². The molecule has 0 aromatic heterocycles. The van der Waals surface area contributed by atoms with E-state index >= 15 is 0 Å². The van der Waals surface area contributed by atoms with Gasteiger partial charge in [-0.1, -0.05) is 0 Å². The third-order valence-corrected chi connectivity index (χ3v) is 18.2. The van der Waals surface area contributed by atoms with E-state index in [-0.39, 0.29) is 18.9 Å². The van der Waals surface area contributed by atoms with Gasteiger partial charge < -0.3 is 0 Å². The molecule has 7 rings (SSSR count). The maximum atomic E-state index is 13.9. The Bertz CT molecular complexity index is 1330. The number of allylic oxidation sites excluding steroid dienone is 12. The summed E-state index contributed by atoms with van der Waals surface area (Å²) in [6.45, 7) is 0. The van der Waals surface area contributed by atoms with Crippen LogP contribution < -0.4 is 5.63 Å². The van der Waals surface area contributed by atoms with Crippen molar-refractivity contribution >= 4 is 0 Å². The number of hydrogen-bond acceptors (Lipinski definition) is 2. The van der Waals surface area contributed by atoms with E-state index in [0.717, 1.165) is 38.5 Å². The van der Waals surface area contributed by atoms with Gasteiger partial charge in [-0.15, -0.1) is 0 Å². The van der Waals surface area contributed by atoms with E-state index in [1.54, 1.807) is 24.3 Å². The topological polar surface area (TPSA) is 18.5 Å². The van der Waals surface area contributed by atoms with Crippen LogP contribution in [0.25, 0.3) is 0 Å². The monoisotopic (exact) mass is 572 g/mol. The van der Waals surface area contributed by atoms with E-state index in [1.807, 2.05) is 0 Å². The van der Waals surface area contributed by atoms with Crippen molar-refractivity contribution in [2.45, 2.75) is 45.8 Å². The maximum absolute atomic E-state index is 13.9. The molecule has 2 atom stereocenters. The molecule has 0 radical (unpaired) electrons. The average Bonchev–Trinajstić information content (AvgIpc) is 3.45. The fraction of sp³-hybridized carbons (Fsp3) is 0.250. The van der Waals surface area contributed by atoms with Gasteiger partial charge in [0.1, 0.15) is 0 Å². The van der Waals surface area contributed by atoms with Gasteiger partial charge in [0.15, 0.2) is 0 Å². The zero-order valence-corrected chi connectivity index (χ0v) is 23.0. The summed E-state index contributed by atoms with van der Waals surface area (Å²) >= 11 is -4.43. The van der Waals surface area contributed by atoms with E-state index in [0.29, 0.717) is 11.5 Å². The van der Waals surface area contributed by atoms with Gasteiger partial charge in [-0.3, -0.25) is 0 Å². The summed E-state index contributed by atoms with van der Waals surface area (Å²) in [6.07, 6.45) is 20.2. The molecule has 0 amide bonds. The average molecular weight is 574 g/mol. The van der Waals surface area contributed by atoms with Crippen LogP contribution in [0.1, 0.15) is 38.5 Å². The van der Waals surface area contributed by atoms with Crippen LogP contribution in [0.15, 0.2) is 118 Å². The van der Waals surface area contributed by atoms with Crippen molar-refractivity contribution in [2.24, 2.45) is 0 Å². The Kier molecular flexibility index (Phi) is 5.81. The molecule has 37 heavy (non-hydrogen) atoms. The van der Waals surface area contributed by atoms with Crippen LogP contribution in [0.3, 0.4) is 0 Å². The van der Waals surface area contributed by atoms with Crippen molar-refractivity contribution in [2.75, 3.05) is 0 Å². The first-order valence-corrected chi connectivity index (χ1v) is 18.1. The number of hydrogen-bond donors (Lipinski definition) is 0. The van der Waals surface area contributed by atoms with Crippen LogP contribution in [0.4, 0.5) is 8.78 Å². The Labute approximate surface area is 222 Å². The van der Waals surface area contributed by atoms with Gasteiger partial charge in [0.25, 0.3) is 0 Å². The number of benzene rings is 2. The SMILES string of the molecule is Fc1ccc([O][Zr]2([O]c3ccc(F)cc3)[CH]3C(=CC4=CCCC=C43)CCC3=CC4=CCCC=C4[CH]32)cc1. The minimum absolute atomic E-state index is 0.0639. The Morgan fingerprint density at radius 3 is 1.41 bits per heavy atom. The molecule has 5 heteroatoms. The molecule has 0 bridgehead atoms. The minimum atomic E-state index is -4.43. The fourth-order valence-corrected chi connectivity index (χ4v) is 18.5. The van der Waals surface area contributed by atoms with E-state index in [9.17, 15) is 8.78 Å². The second-order valence-electron chi connectivity index (χ2n) is 10.4. The van der Waals surface area contributed by atoms with Gasteiger partial charge in [0.05, 0.1) is 0 Å². The van der Waals surface area contributed by atoms with Crippen LogP contribution in [-0.4, -0.2) is 0 Å². The second-order valence-corrected chi connectivity index (χ2v) is 17.8. The summed E-state index contributed by atoms with van der Waals surface area (Å²) in [6, 6.07) is 12.7. The van der Waals surface area contributed by atoms with Crippen LogP contribution in [0.5, 0.6) is 11.5 Å². The van der Waals surface area contributed by atoms with E-state index < -0.39 is 21.1 Å². The van der Waals surface area contributed by atoms with Gasteiger partial charge in [0, 0.05) is 0 Å². The molecule has 0 spiro atoms. The van der Waals surface area contributed by atoms with Crippen LogP contribution >= 0.6 is 0 Å². The standard InChI is InChI=1S/C20H20.2C6H5FO.Zr/c1-2-6-18-12-15(11-17(18)5-1)9-10-16-13-19-7-3-4-8-20(19)14-16;2*7-5-1-3-6(8)4-2-5;/h5-8,11-14H,1-4,9-10H2;2*1-4,8H;/q;;;+2/p-2. The van der Waals surface area contributed by atoms with Crippen LogP contribution in [-0.2, 0) is 21.1 Å². The molecule has 1 fully saturated rings. The Balaban J connectivity index is 1.47. The molecule has 2 nitrogen and oxygen atoms in total. The first-order valence-electron chi connectivity index (χ1n) is 13.2. The molecule has 2 aromatic rings. The molecule has 0 saturated carbocycles. The number of halogens is 2. The fourth-order valence-electron chi connectivity index (χ4n) is 6.71. The number of fused-ring (bicyclic) bond motifs is 6. The van der Waals surface area contributed by atoms with Gasteiger partial charge in [0.2, 0.25) is 0 Å². The molecule has 1 aliphatic heterocycles. The van der Waals surface area contributed by atoms with Gasteiger partial charge >= 0.3 is 223 Å². The van der Waals surface area contributed by atoms with Crippen molar-refractivity contribution in [3.8, 4) is 11.5 Å². The summed E-state index contributed by atoms with van der Waals surface area (Å²) in [5.41, 5.74) is 8.04. The molecule has 186 valence electrons. The van der Waals surface area contributed by atoms with Crippen molar-refractivity contribution in [1.82, 2.24) is 0 Å². The van der Waals surface area contributed by atoms with Crippen molar-refractivity contribution < 1.29 is 35.6 Å². The van der Waals surface area contributed by atoms with E-state index in [1.165, 1.54) is 57.7 Å². The summed E-state index contributed by atoms with van der Waals surface area (Å²) in [5, 5.41) is 0. The Hall–Kier alpha value is -2.78. The first-order chi connectivity index (χ1) is 18.1. The van der Waals surface area contributed by atoms with Gasteiger partial charge in [-0.2, -0.15) is 0 Å². The molecule has 2 unspecified atom stereocenters. The molecule has 1 heterocycles. The Morgan fingerprint density at radius 2 is 0.973 bits per heavy atom. The molecule has 2 aromatic carbocycles. The summed E-state index contributed by atoms with van der Waals surface area (Å²) in [4.78, 5) is 0. The zero-order valence-electron chi connectivity index (χ0n) is 20.6. The van der Waals surface area contributed by atoms with E-state index in [4.69, 9.17) is 5.63 Å². The molecule has 5 aliphatic rings. The van der Waals surface area contributed by atoms with Crippen LogP contribution in [0, 0.1) is 11.6 Å². The zero-order chi connectivity index (χ0) is 25.0. The number of rotatable bonds is 4. The van der Waals surface area contributed by atoms with E-state index in [2.05, 4.69) is 36.5 Å².